The van der Waals surface area contributed by atoms with Crippen molar-refractivity contribution in [2.24, 2.45) is 0 Å². The molecule has 1 N–H and O–H groups in total. The summed E-state index contributed by atoms with van der Waals surface area (Å²) in [4.78, 5) is 27.7. The molecular weight excluding hydrogens is 400 g/mol. The van der Waals surface area contributed by atoms with Gasteiger partial charge in [-0.2, -0.15) is 0 Å². The first-order valence-corrected chi connectivity index (χ1v) is 10.7. The van der Waals surface area contributed by atoms with E-state index in [9.17, 15) is 9.59 Å². The second kappa shape index (κ2) is 10.4. The third-order valence-corrected chi connectivity index (χ3v) is 5.48. The van der Waals surface area contributed by atoms with Crippen molar-refractivity contribution in [3.05, 3.63) is 70.4 Å². The van der Waals surface area contributed by atoms with E-state index in [1.54, 1.807) is 6.07 Å². The number of carbonyl (C=O) groups is 2. The maximum atomic E-state index is 13.2. The molecule has 30 heavy (non-hydrogen) atoms. The highest BCUT2D eigenvalue weighted by Gasteiger charge is 2.38. The Morgan fingerprint density at radius 1 is 0.967 bits per heavy atom. The summed E-state index contributed by atoms with van der Waals surface area (Å²) in [7, 11) is 0. The van der Waals surface area contributed by atoms with E-state index >= 15 is 0 Å². The molecule has 6 heteroatoms. The first-order valence-electron chi connectivity index (χ1n) is 10.3. The molecule has 0 atom stereocenters. The molecule has 1 aliphatic heterocycles. The third kappa shape index (κ3) is 4.91. The highest BCUT2D eigenvalue weighted by molar-refractivity contribution is 6.36. The number of amides is 2. The van der Waals surface area contributed by atoms with Crippen molar-refractivity contribution in [1.82, 2.24) is 4.90 Å². The fourth-order valence-corrected chi connectivity index (χ4v) is 3.49. The van der Waals surface area contributed by atoms with Crippen LogP contribution in [0.15, 0.2) is 54.2 Å². The quantitative estimate of drug-likeness (QED) is 0.426. The summed E-state index contributed by atoms with van der Waals surface area (Å²) in [5, 5.41) is 3.78. The van der Waals surface area contributed by atoms with Gasteiger partial charge in [-0.25, -0.2) is 0 Å². The van der Waals surface area contributed by atoms with E-state index in [1.807, 2.05) is 49.4 Å². The summed E-state index contributed by atoms with van der Waals surface area (Å²) in [6, 6.07) is 14.7. The molecule has 1 heterocycles. The molecule has 0 aromatic heterocycles. The third-order valence-electron chi connectivity index (χ3n) is 5.07. The zero-order valence-electron chi connectivity index (χ0n) is 17.4. The monoisotopic (exact) mass is 426 g/mol. The predicted octanol–water partition coefficient (Wildman–Crippen LogP) is 5.05. The molecule has 0 saturated carbocycles. The second-order valence-electron chi connectivity index (χ2n) is 7.23. The number of benzene rings is 2. The number of anilines is 1. The van der Waals surface area contributed by atoms with Gasteiger partial charge in [0.05, 0.1) is 5.57 Å². The van der Waals surface area contributed by atoms with Gasteiger partial charge in [0.15, 0.2) is 0 Å². The minimum absolute atomic E-state index is 0.281. The fraction of sp³-hybridized carbons (Fsp3) is 0.333. The highest BCUT2D eigenvalue weighted by Crippen LogP contribution is 2.32. The summed E-state index contributed by atoms with van der Waals surface area (Å²) in [5.74, 6) is -0.617. The minimum atomic E-state index is -0.327. The van der Waals surface area contributed by atoms with Crippen molar-refractivity contribution in [3.8, 4) is 0 Å². The Balaban J connectivity index is 1.84. The molecular formula is C24H27ClN2O3. The molecule has 0 fully saturated rings. The summed E-state index contributed by atoms with van der Waals surface area (Å²) in [5.41, 5.74) is 2.90. The molecule has 0 unspecified atom stereocenters. The number of imide groups is 1. The minimum Gasteiger partial charge on any atom is -0.381 e. The number of carbonyl (C=O) groups excluding carboxylic acids is 2. The van der Waals surface area contributed by atoms with Crippen molar-refractivity contribution in [2.75, 3.05) is 25.1 Å². The smallest absolute Gasteiger partial charge is 0.278 e. The summed E-state index contributed by atoms with van der Waals surface area (Å²) in [6.45, 7) is 5.53. The highest BCUT2D eigenvalue weighted by atomic mass is 35.5. The van der Waals surface area contributed by atoms with Crippen LogP contribution in [0.25, 0.3) is 5.57 Å². The Kier molecular flexibility index (Phi) is 7.66. The van der Waals surface area contributed by atoms with Gasteiger partial charge in [-0.1, -0.05) is 61.3 Å². The van der Waals surface area contributed by atoms with E-state index in [4.69, 9.17) is 16.3 Å². The molecule has 158 valence electrons. The van der Waals surface area contributed by atoms with E-state index in [1.165, 1.54) is 4.90 Å². The SMILES string of the molecule is CCCCOCCCN1C(=O)C(Nc2cccc(Cl)c2C)=C(c2ccccc2)C1=O. The number of nitrogens with zero attached hydrogens (tertiary/aromatic N) is 1. The number of hydrogen-bond donors (Lipinski definition) is 1. The molecule has 0 bridgehead atoms. The van der Waals surface area contributed by atoms with Gasteiger partial charge in [0.1, 0.15) is 5.70 Å². The summed E-state index contributed by atoms with van der Waals surface area (Å²) < 4.78 is 5.57. The predicted molar refractivity (Wildman–Crippen MR) is 120 cm³/mol. The second-order valence-corrected chi connectivity index (χ2v) is 7.64. The van der Waals surface area contributed by atoms with Crippen LogP contribution < -0.4 is 5.32 Å². The Morgan fingerprint density at radius 2 is 1.70 bits per heavy atom. The molecule has 0 aliphatic carbocycles. The van der Waals surface area contributed by atoms with Crippen LogP contribution in [0.1, 0.15) is 37.3 Å². The van der Waals surface area contributed by atoms with Crippen LogP contribution in [-0.4, -0.2) is 36.5 Å². The molecule has 0 saturated heterocycles. The molecule has 3 rings (SSSR count). The maximum Gasteiger partial charge on any atom is 0.278 e. The van der Waals surface area contributed by atoms with E-state index in [-0.39, 0.29) is 17.5 Å². The van der Waals surface area contributed by atoms with E-state index in [2.05, 4.69) is 12.2 Å². The number of ether oxygens (including phenoxy) is 1. The number of hydrogen-bond acceptors (Lipinski definition) is 4. The number of rotatable bonds is 10. The zero-order valence-corrected chi connectivity index (χ0v) is 18.2. The van der Waals surface area contributed by atoms with Crippen LogP contribution in [0.5, 0.6) is 0 Å². The number of unbranched alkanes of at least 4 members (excludes halogenated alkanes) is 1. The van der Waals surface area contributed by atoms with Crippen LogP contribution in [0.4, 0.5) is 5.69 Å². The van der Waals surface area contributed by atoms with E-state index in [0.717, 1.165) is 18.4 Å². The Morgan fingerprint density at radius 3 is 2.43 bits per heavy atom. The van der Waals surface area contributed by atoms with Gasteiger partial charge in [0, 0.05) is 30.5 Å². The van der Waals surface area contributed by atoms with Crippen LogP contribution >= 0.6 is 11.6 Å². The lowest BCUT2D eigenvalue weighted by atomic mass is 10.0. The molecule has 2 aromatic rings. The number of nitrogens with one attached hydrogen (secondary N) is 1. The zero-order chi connectivity index (χ0) is 21.5. The van der Waals surface area contributed by atoms with Gasteiger partial charge in [0.2, 0.25) is 0 Å². The molecule has 0 radical (unpaired) electrons. The lowest BCUT2D eigenvalue weighted by Gasteiger charge is -2.16. The molecule has 5 nitrogen and oxygen atoms in total. The van der Waals surface area contributed by atoms with Crippen molar-refractivity contribution in [2.45, 2.75) is 33.1 Å². The van der Waals surface area contributed by atoms with Gasteiger partial charge in [0.25, 0.3) is 11.8 Å². The van der Waals surface area contributed by atoms with Crippen LogP contribution in [0.2, 0.25) is 5.02 Å². The number of halogens is 1. The maximum absolute atomic E-state index is 13.2. The van der Waals surface area contributed by atoms with Gasteiger partial charge in [-0.05, 0) is 43.0 Å². The van der Waals surface area contributed by atoms with Crippen molar-refractivity contribution in [3.63, 3.8) is 0 Å². The molecule has 1 aliphatic rings. The topological polar surface area (TPSA) is 58.6 Å². The van der Waals surface area contributed by atoms with Crippen molar-refractivity contribution < 1.29 is 14.3 Å². The molecule has 0 spiro atoms. The fourth-order valence-electron chi connectivity index (χ4n) is 3.32. The van der Waals surface area contributed by atoms with Crippen LogP contribution in [0.3, 0.4) is 0 Å². The van der Waals surface area contributed by atoms with Crippen LogP contribution in [0, 0.1) is 6.92 Å². The van der Waals surface area contributed by atoms with Gasteiger partial charge >= 0.3 is 0 Å². The Hall–Kier alpha value is -2.63. The van der Waals surface area contributed by atoms with Gasteiger partial charge in [-0.15, -0.1) is 0 Å². The average molecular weight is 427 g/mol. The summed E-state index contributed by atoms with van der Waals surface area (Å²) in [6.07, 6.45) is 2.69. The van der Waals surface area contributed by atoms with E-state index < -0.39 is 0 Å². The van der Waals surface area contributed by atoms with Gasteiger partial charge in [-0.3, -0.25) is 14.5 Å². The lowest BCUT2D eigenvalue weighted by Crippen LogP contribution is -2.34. The van der Waals surface area contributed by atoms with Crippen LogP contribution in [-0.2, 0) is 14.3 Å². The first kappa shape index (κ1) is 22.1. The Bertz CT molecular complexity index is 941. The average Bonchev–Trinajstić information content (AvgIpc) is 2.98. The van der Waals surface area contributed by atoms with Crippen molar-refractivity contribution >= 4 is 34.7 Å². The summed E-state index contributed by atoms with van der Waals surface area (Å²) >= 11 is 6.23. The largest absolute Gasteiger partial charge is 0.381 e. The van der Waals surface area contributed by atoms with E-state index in [0.29, 0.717) is 48.0 Å². The first-order chi connectivity index (χ1) is 14.5. The normalized spacial score (nSPS) is 14.0. The lowest BCUT2D eigenvalue weighted by molar-refractivity contribution is -0.137. The standard InChI is InChI=1S/C24H27ClN2O3/c1-3-4-15-30-16-9-14-27-23(28)21(18-10-6-5-7-11-18)22(24(27)29)26-20-13-8-12-19(25)17(20)2/h5-8,10-13,26H,3-4,9,14-16H2,1-2H3. The van der Waals surface area contributed by atoms with Gasteiger partial charge < -0.3 is 10.1 Å². The Labute approximate surface area is 182 Å². The molecule has 2 amide bonds. The molecule has 2 aromatic carbocycles. The van der Waals surface area contributed by atoms with Crippen molar-refractivity contribution in [1.29, 1.82) is 0 Å².